The van der Waals surface area contributed by atoms with Crippen LogP contribution in [0, 0.1) is 0 Å². The fraction of sp³-hybridized carbons (Fsp3) is 0.154. The Balaban J connectivity index is 1.96. The molecule has 0 bridgehead atoms. The van der Waals surface area contributed by atoms with Crippen LogP contribution in [0.3, 0.4) is 0 Å². The SMILES string of the molecule is COc1cc(OC)c(C(=O)c2[nH]c(Cl)c(Cl)c2-n2c(C(=O)c3cc(Cl)c(OC)cc3OC)cc(Cl)c2Cl)cc1Cl. The summed E-state index contributed by atoms with van der Waals surface area (Å²) in [6.07, 6.45) is 0. The van der Waals surface area contributed by atoms with Gasteiger partial charge < -0.3 is 23.9 Å². The first-order valence-corrected chi connectivity index (χ1v) is 13.3. The average molecular weight is 667 g/mol. The lowest BCUT2D eigenvalue weighted by atomic mass is 10.0. The van der Waals surface area contributed by atoms with Crippen LogP contribution in [0.15, 0.2) is 30.3 Å². The molecule has 0 saturated heterocycles. The Bertz CT molecular complexity index is 1540. The number of carbonyl (C=O) groups excluding carboxylic acids is 2. The minimum absolute atomic E-state index is 0.000419. The second-order valence-corrected chi connectivity index (χ2v) is 10.3. The highest BCUT2D eigenvalue weighted by Gasteiger charge is 2.32. The van der Waals surface area contributed by atoms with Crippen molar-refractivity contribution in [1.29, 1.82) is 0 Å². The van der Waals surface area contributed by atoms with Crippen LogP contribution >= 0.6 is 69.6 Å². The van der Waals surface area contributed by atoms with Crippen molar-refractivity contribution in [3.8, 4) is 28.7 Å². The van der Waals surface area contributed by atoms with Crippen LogP contribution in [0.1, 0.15) is 32.1 Å². The van der Waals surface area contributed by atoms with Gasteiger partial charge in [0.2, 0.25) is 11.6 Å². The summed E-state index contributed by atoms with van der Waals surface area (Å²) in [7, 11) is 5.60. The van der Waals surface area contributed by atoms with Crippen molar-refractivity contribution >= 4 is 81.2 Å². The van der Waals surface area contributed by atoms with Crippen LogP contribution < -0.4 is 18.9 Å². The zero-order valence-corrected chi connectivity index (χ0v) is 25.6. The predicted octanol–water partition coefficient (Wildman–Crippen LogP) is 8.22. The Morgan fingerprint density at radius 1 is 0.650 bits per heavy atom. The van der Waals surface area contributed by atoms with Gasteiger partial charge in [0.05, 0.1) is 66.0 Å². The number of ketones is 2. The van der Waals surface area contributed by atoms with E-state index in [-0.39, 0.29) is 75.8 Å². The standard InChI is InChI=1S/C26H18Cl6N2O6/c1-37-16-8-18(39-3)12(27)5-10(16)23(35)15-7-14(29)26(32)34(15)22-20(30)25(31)33-21(22)24(36)11-6-13(28)19(40-4)9-17(11)38-2/h5-9,33H,1-4H3. The smallest absolute Gasteiger partial charge is 0.215 e. The number of benzene rings is 2. The first kappa shape index (κ1) is 30.2. The fourth-order valence-electron chi connectivity index (χ4n) is 4.00. The highest BCUT2D eigenvalue weighted by Crippen LogP contribution is 2.42. The van der Waals surface area contributed by atoms with E-state index in [1.807, 2.05) is 0 Å². The first-order chi connectivity index (χ1) is 19.0. The summed E-state index contributed by atoms with van der Waals surface area (Å²) in [6.45, 7) is 0. The Morgan fingerprint density at radius 2 is 1.12 bits per heavy atom. The van der Waals surface area contributed by atoms with Crippen molar-refractivity contribution in [3.63, 3.8) is 0 Å². The number of ether oxygens (including phenoxy) is 4. The van der Waals surface area contributed by atoms with Gasteiger partial charge in [-0.25, -0.2) is 0 Å². The van der Waals surface area contributed by atoms with E-state index in [2.05, 4.69) is 4.98 Å². The molecule has 0 unspecified atom stereocenters. The molecule has 0 radical (unpaired) electrons. The minimum atomic E-state index is -0.630. The van der Waals surface area contributed by atoms with Gasteiger partial charge in [0.1, 0.15) is 44.0 Å². The summed E-state index contributed by atoms with van der Waals surface area (Å²) in [4.78, 5) is 30.5. The number of hydrogen-bond donors (Lipinski definition) is 1. The van der Waals surface area contributed by atoms with Gasteiger partial charge in [-0.05, 0) is 18.2 Å². The fourth-order valence-corrected chi connectivity index (χ4v) is 5.31. The number of methoxy groups -OCH3 is 4. The van der Waals surface area contributed by atoms with E-state index >= 15 is 0 Å². The van der Waals surface area contributed by atoms with Crippen LogP contribution in [-0.4, -0.2) is 49.6 Å². The topological polar surface area (TPSA) is 91.8 Å². The molecular weight excluding hydrogens is 649 g/mol. The van der Waals surface area contributed by atoms with Gasteiger partial charge in [-0.15, -0.1) is 0 Å². The van der Waals surface area contributed by atoms with E-state index in [1.165, 1.54) is 63.3 Å². The van der Waals surface area contributed by atoms with E-state index in [0.29, 0.717) is 5.75 Å². The summed E-state index contributed by atoms with van der Waals surface area (Å²) in [5, 5.41) is -0.00719. The molecule has 0 amide bonds. The third-order valence-electron chi connectivity index (χ3n) is 5.89. The molecule has 0 aliphatic heterocycles. The molecule has 0 fully saturated rings. The number of nitrogens with one attached hydrogen (secondary N) is 1. The van der Waals surface area contributed by atoms with Gasteiger partial charge in [0, 0.05) is 12.1 Å². The van der Waals surface area contributed by atoms with E-state index in [1.54, 1.807) is 0 Å². The van der Waals surface area contributed by atoms with Crippen molar-refractivity contribution in [3.05, 3.63) is 83.2 Å². The molecule has 0 aliphatic rings. The number of H-pyrrole nitrogens is 1. The van der Waals surface area contributed by atoms with Gasteiger partial charge in [-0.2, -0.15) is 0 Å². The van der Waals surface area contributed by atoms with Gasteiger partial charge in [-0.1, -0.05) is 69.6 Å². The van der Waals surface area contributed by atoms with E-state index in [0.717, 1.165) is 0 Å². The normalized spacial score (nSPS) is 10.9. The van der Waals surface area contributed by atoms with Gasteiger partial charge >= 0.3 is 0 Å². The highest BCUT2D eigenvalue weighted by atomic mass is 35.5. The number of nitrogens with zero attached hydrogens (tertiary/aromatic N) is 1. The van der Waals surface area contributed by atoms with Gasteiger partial charge in [0.15, 0.2) is 0 Å². The Hall–Kier alpha value is -2.72. The number of aromatic amines is 1. The first-order valence-electron chi connectivity index (χ1n) is 11.0. The molecule has 2 aromatic carbocycles. The van der Waals surface area contributed by atoms with E-state index in [9.17, 15) is 9.59 Å². The summed E-state index contributed by atoms with van der Waals surface area (Å²) in [5.74, 6) is -0.329. The summed E-state index contributed by atoms with van der Waals surface area (Å²) in [5.41, 5.74) is -0.118. The Morgan fingerprint density at radius 3 is 1.60 bits per heavy atom. The molecule has 0 atom stereocenters. The van der Waals surface area contributed by atoms with Crippen molar-refractivity contribution in [1.82, 2.24) is 9.55 Å². The van der Waals surface area contributed by atoms with Crippen molar-refractivity contribution in [2.45, 2.75) is 0 Å². The molecule has 1 N–H and O–H groups in total. The van der Waals surface area contributed by atoms with Crippen molar-refractivity contribution in [2.75, 3.05) is 28.4 Å². The third kappa shape index (κ3) is 5.20. The number of hydrogen-bond acceptors (Lipinski definition) is 6. The molecule has 2 aromatic heterocycles. The number of carbonyl (C=O) groups is 2. The lowest BCUT2D eigenvalue weighted by Gasteiger charge is -2.15. The predicted molar refractivity (Wildman–Crippen MR) is 156 cm³/mol. The van der Waals surface area contributed by atoms with Crippen LogP contribution in [0.25, 0.3) is 5.69 Å². The largest absolute Gasteiger partial charge is 0.496 e. The Kier molecular flexibility index (Phi) is 9.09. The molecule has 8 nitrogen and oxygen atoms in total. The summed E-state index contributed by atoms with van der Waals surface area (Å²) < 4.78 is 22.4. The van der Waals surface area contributed by atoms with E-state index < -0.39 is 11.6 Å². The third-order valence-corrected chi connectivity index (χ3v) is 7.99. The molecule has 14 heteroatoms. The second-order valence-electron chi connectivity index (χ2n) is 8.01. The quantitative estimate of drug-likeness (QED) is 0.181. The minimum Gasteiger partial charge on any atom is -0.496 e. The molecule has 0 spiro atoms. The van der Waals surface area contributed by atoms with Crippen LogP contribution in [0.2, 0.25) is 30.4 Å². The maximum atomic E-state index is 13.9. The molecule has 2 heterocycles. The number of rotatable bonds is 9. The van der Waals surface area contributed by atoms with Crippen LogP contribution in [0.4, 0.5) is 0 Å². The second kappa shape index (κ2) is 12.0. The maximum absolute atomic E-state index is 13.9. The summed E-state index contributed by atoms with van der Waals surface area (Å²) in [6, 6.07) is 6.98. The van der Waals surface area contributed by atoms with Crippen LogP contribution in [0.5, 0.6) is 23.0 Å². The molecule has 0 saturated carbocycles. The maximum Gasteiger partial charge on any atom is 0.215 e. The molecule has 4 rings (SSSR count). The lowest BCUT2D eigenvalue weighted by Crippen LogP contribution is -2.14. The molecule has 40 heavy (non-hydrogen) atoms. The van der Waals surface area contributed by atoms with E-state index in [4.69, 9.17) is 88.6 Å². The highest BCUT2D eigenvalue weighted by molar-refractivity contribution is 6.45. The number of aromatic nitrogens is 2. The van der Waals surface area contributed by atoms with Gasteiger partial charge in [0.25, 0.3) is 0 Å². The molecular formula is C26H18Cl6N2O6. The molecule has 0 aliphatic carbocycles. The van der Waals surface area contributed by atoms with Crippen LogP contribution in [-0.2, 0) is 0 Å². The molecule has 4 aromatic rings. The van der Waals surface area contributed by atoms with Crippen molar-refractivity contribution in [2.24, 2.45) is 0 Å². The van der Waals surface area contributed by atoms with Gasteiger partial charge in [-0.3, -0.25) is 14.2 Å². The summed E-state index contributed by atoms with van der Waals surface area (Å²) >= 11 is 38.4. The average Bonchev–Trinajstić information content (AvgIpc) is 3.40. The Labute approximate surface area is 258 Å². The monoisotopic (exact) mass is 664 g/mol. The zero-order valence-electron chi connectivity index (χ0n) is 21.1. The lowest BCUT2D eigenvalue weighted by molar-refractivity contribution is 0.101. The van der Waals surface area contributed by atoms with Crippen molar-refractivity contribution < 1.29 is 28.5 Å². The zero-order chi connectivity index (χ0) is 29.5. The molecule has 210 valence electrons. The number of halogens is 6.